The number of anilines is 1. The first-order chi connectivity index (χ1) is 13.0. The second kappa shape index (κ2) is 9.35. The zero-order valence-electron chi connectivity index (χ0n) is 14.5. The number of rotatable bonds is 5. The van der Waals surface area contributed by atoms with Crippen LogP contribution in [0.25, 0.3) is 0 Å². The normalized spacial score (nSPS) is 15.0. The van der Waals surface area contributed by atoms with Crippen LogP contribution in [0.2, 0.25) is 20.1 Å². The molecule has 0 radical (unpaired) electrons. The van der Waals surface area contributed by atoms with Gasteiger partial charge in [0.25, 0.3) is 5.91 Å². The zero-order chi connectivity index (χ0) is 19.4. The van der Waals surface area contributed by atoms with Crippen molar-refractivity contribution in [3.63, 3.8) is 0 Å². The highest BCUT2D eigenvalue weighted by atomic mass is 35.5. The molecule has 1 aliphatic heterocycles. The van der Waals surface area contributed by atoms with Crippen molar-refractivity contribution in [2.75, 3.05) is 44.2 Å². The molecule has 4 nitrogen and oxygen atoms in total. The Morgan fingerprint density at radius 3 is 2.37 bits per heavy atom. The molecule has 1 saturated heterocycles. The fourth-order valence-electron chi connectivity index (χ4n) is 3.02. The number of piperazine rings is 1. The number of carbonyl (C=O) groups excluding carboxylic acids is 1. The first kappa shape index (κ1) is 20.6. The van der Waals surface area contributed by atoms with E-state index in [4.69, 9.17) is 46.4 Å². The van der Waals surface area contributed by atoms with Gasteiger partial charge in [0, 0.05) is 44.8 Å². The molecule has 1 aliphatic rings. The summed E-state index contributed by atoms with van der Waals surface area (Å²) in [5, 5.41) is 4.90. The molecule has 2 aromatic carbocycles. The van der Waals surface area contributed by atoms with Gasteiger partial charge in [-0.05, 0) is 30.3 Å². The van der Waals surface area contributed by atoms with Crippen LogP contribution in [0.5, 0.6) is 0 Å². The maximum atomic E-state index is 12.2. The minimum Gasteiger partial charge on any atom is -0.368 e. The highest BCUT2D eigenvalue weighted by Gasteiger charge is 2.19. The van der Waals surface area contributed by atoms with E-state index in [1.165, 1.54) is 0 Å². The summed E-state index contributed by atoms with van der Waals surface area (Å²) in [4.78, 5) is 16.7. The van der Waals surface area contributed by atoms with E-state index in [0.717, 1.165) is 38.4 Å². The molecule has 0 aromatic heterocycles. The number of nitrogens with one attached hydrogen (secondary N) is 1. The number of carbonyl (C=O) groups is 1. The third-order valence-corrected chi connectivity index (χ3v) is 6.09. The van der Waals surface area contributed by atoms with Gasteiger partial charge in [0.05, 0.1) is 25.8 Å². The van der Waals surface area contributed by atoms with E-state index < -0.39 is 0 Å². The fourth-order valence-corrected chi connectivity index (χ4v) is 3.73. The second-order valence-corrected chi connectivity index (χ2v) is 7.89. The monoisotopic (exact) mass is 445 g/mol. The molecule has 1 N–H and O–H groups in total. The van der Waals surface area contributed by atoms with Gasteiger partial charge in [0.15, 0.2) is 0 Å². The van der Waals surface area contributed by atoms with Gasteiger partial charge in [-0.2, -0.15) is 0 Å². The molecule has 1 amide bonds. The largest absolute Gasteiger partial charge is 0.368 e. The quantitative estimate of drug-likeness (QED) is 0.712. The van der Waals surface area contributed by atoms with Crippen LogP contribution in [0.4, 0.5) is 5.69 Å². The third-order valence-electron chi connectivity index (χ3n) is 4.54. The number of amides is 1. The van der Waals surface area contributed by atoms with Gasteiger partial charge < -0.3 is 10.2 Å². The van der Waals surface area contributed by atoms with Gasteiger partial charge in [-0.1, -0.05) is 52.5 Å². The van der Waals surface area contributed by atoms with Crippen molar-refractivity contribution in [2.45, 2.75) is 0 Å². The van der Waals surface area contributed by atoms with Gasteiger partial charge >= 0.3 is 0 Å². The lowest BCUT2D eigenvalue weighted by molar-refractivity contribution is 0.0948. The lowest BCUT2D eigenvalue weighted by Gasteiger charge is -2.36. The van der Waals surface area contributed by atoms with E-state index in [0.29, 0.717) is 32.2 Å². The molecule has 1 heterocycles. The van der Waals surface area contributed by atoms with Crippen molar-refractivity contribution >= 4 is 58.0 Å². The minimum absolute atomic E-state index is 0.155. The number of benzene rings is 2. The first-order valence-corrected chi connectivity index (χ1v) is 10.1. The van der Waals surface area contributed by atoms with Crippen molar-refractivity contribution in [1.82, 2.24) is 10.2 Å². The van der Waals surface area contributed by atoms with E-state index in [-0.39, 0.29) is 5.91 Å². The van der Waals surface area contributed by atoms with Crippen LogP contribution in [-0.4, -0.2) is 50.1 Å². The molecule has 27 heavy (non-hydrogen) atoms. The molecule has 8 heteroatoms. The maximum Gasteiger partial charge on any atom is 0.251 e. The lowest BCUT2D eigenvalue weighted by atomic mass is 10.2. The summed E-state index contributed by atoms with van der Waals surface area (Å²) in [5.41, 5.74) is 1.47. The molecule has 0 atom stereocenters. The van der Waals surface area contributed by atoms with E-state index in [1.54, 1.807) is 24.3 Å². The van der Waals surface area contributed by atoms with Crippen molar-refractivity contribution in [1.29, 1.82) is 0 Å². The van der Waals surface area contributed by atoms with Crippen LogP contribution in [0, 0.1) is 0 Å². The van der Waals surface area contributed by atoms with Gasteiger partial charge in [-0.15, -0.1) is 0 Å². The summed E-state index contributed by atoms with van der Waals surface area (Å²) < 4.78 is 0. The molecule has 1 fully saturated rings. The van der Waals surface area contributed by atoms with Crippen LogP contribution < -0.4 is 10.2 Å². The molecular formula is C19H19Cl4N3O. The van der Waals surface area contributed by atoms with Crippen LogP contribution in [0.15, 0.2) is 36.4 Å². The summed E-state index contributed by atoms with van der Waals surface area (Å²) in [6.45, 7) is 4.86. The van der Waals surface area contributed by atoms with Gasteiger partial charge in [0.1, 0.15) is 0 Å². The predicted octanol–water partition coefficient (Wildman–Crippen LogP) is 4.85. The second-order valence-electron chi connectivity index (χ2n) is 6.29. The summed E-state index contributed by atoms with van der Waals surface area (Å²) in [5.74, 6) is -0.155. The Hall–Kier alpha value is -1.17. The molecule has 144 valence electrons. The Bertz CT molecular complexity index is 823. The topological polar surface area (TPSA) is 35.6 Å². The average molecular weight is 447 g/mol. The van der Waals surface area contributed by atoms with E-state index in [2.05, 4.69) is 15.1 Å². The van der Waals surface area contributed by atoms with Crippen LogP contribution in [0.1, 0.15) is 10.4 Å². The minimum atomic E-state index is -0.155. The smallest absolute Gasteiger partial charge is 0.251 e. The third kappa shape index (κ3) is 5.21. The van der Waals surface area contributed by atoms with E-state index >= 15 is 0 Å². The Kier molecular flexibility index (Phi) is 7.12. The van der Waals surface area contributed by atoms with Gasteiger partial charge in [0.2, 0.25) is 0 Å². The molecule has 0 unspecified atom stereocenters. The SMILES string of the molecule is O=C(NCCN1CCN(c2cccc(Cl)c2Cl)CC1)c1ccc(Cl)c(Cl)c1. The Morgan fingerprint density at radius 2 is 1.67 bits per heavy atom. The van der Waals surface area contributed by atoms with E-state index in [9.17, 15) is 4.79 Å². The number of halogens is 4. The van der Waals surface area contributed by atoms with Gasteiger partial charge in [-0.25, -0.2) is 0 Å². The van der Waals surface area contributed by atoms with Gasteiger partial charge in [-0.3, -0.25) is 9.69 Å². The lowest BCUT2D eigenvalue weighted by Crippen LogP contribution is -2.48. The van der Waals surface area contributed by atoms with Crippen LogP contribution in [-0.2, 0) is 0 Å². The Morgan fingerprint density at radius 1 is 0.926 bits per heavy atom. The van der Waals surface area contributed by atoms with Crippen LogP contribution >= 0.6 is 46.4 Å². The van der Waals surface area contributed by atoms with Crippen molar-refractivity contribution in [2.24, 2.45) is 0 Å². The molecule has 0 saturated carbocycles. The number of hydrogen-bond acceptors (Lipinski definition) is 3. The Labute approximate surface area is 178 Å². The van der Waals surface area contributed by atoms with Crippen LogP contribution in [0.3, 0.4) is 0 Å². The number of hydrogen-bond donors (Lipinski definition) is 1. The molecule has 2 aromatic rings. The highest BCUT2D eigenvalue weighted by molar-refractivity contribution is 6.43. The predicted molar refractivity (Wildman–Crippen MR) is 114 cm³/mol. The molecule has 3 rings (SSSR count). The maximum absolute atomic E-state index is 12.2. The highest BCUT2D eigenvalue weighted by Crippen LogP contribution is 2.32. The summed E-state index contributed by atoms with van der Waals surface area (Å²) in [6.07, 6.45) is 0. The summed E-state index contributed by atoms with van der Waals surface area (Å²) in [7, 11) is 0. The fraction of sp³-hybridized carbons (Fsp3) is 0.316. The average Bonchev–Trinajstić information content (AvgIpc) is 2.67. The first-order valence-electron chi connectivity index (χ1n) is 8.60. The standard InChI is InChI=1S/C19H19Cl4N3O/c20-14-5-4-13(12-16(14)22)19(27)24-6-7-25-8-10-26(11-9-25)17-3-1-2-15(21)18(17)23/h1-5,12H,6-11H2,(H,24,27). The molecule has 0 spiro atoms. The molecule has 0 bridgehead atoms. The molecule has 0 aliphatic carbocycles. The molecular weight excluding hydrogens is 428 g/mol. The van der Waals surface area contributed by atoms with Crippen molar-refractivity contribution in [3.05, 3.63) is 62.1 Å². The van der Waals surface area contributed by atoms with Crippen molar-refractivity contribution in [3.8, 4) is 0 Å². The summed E-state index contributed by atoms with van der Waals surface area (Å²) >= 11 is 24.2. The number of nitrogens with zero attached hydrogens (tertiary/aromatic N) is 2. The summed E-state index contributed by atoms with van der Waals surface area (Å²) in [6, 6.07) is 10.6. The Balaban J connectivity index is 1.45. The zero-order valence-corrected chi connectivity index (χ0v) is 17.5. The van der Waals surface area contributed by atoms with E-state index in [1.807, 2.05) is 12.1 Å². The van der Waals surface area contributed by atoms with Crippen molar-refractivity contribution < 1.29 is 4.79 Å².